The maximum Gasteiger partial charge on any atom is 0.308 e. The fourth-order valence-corrected chi connectivity index (χ4v) is 4.48. The van der Waals surface area contributed by atoms with Gasteiger partial charge in [-0.25, -0.2) is 0 Å². The van der Waals surface area contributed by atoms with Gasteiger partial charge in [-0.05, 0) is 44.4 Å². The van der Waals surface area contributed by atoms with Gasteiger partial charge in [0, 0.05) is 0 Å². The predicted octanol–water partition coefficient (Wildman–Crippen LogP) is 7.63. The van der Waals surface area contributed by atoms with E-state index in [1.54, 1.807) is 0 Å². The van der Waals surface area contributed by atoms with Gasteiger partial charge in [-0.2, -0.15) is 0 Å². The van der Waals surface area contributed by atoms with Crippen LogP contribution in [0.15, 0.2) is 0 Å². The molecule has 4 heteroatoms. The number of carbonyl (C=O) groups is 2. The molecule has 0 N–H and O–H groups in total. The van der Waals surface area contributed by atoms with Crippen molar-refractivity contribution in [1.29, 1.82) is 0 Å². The lowest BCUT2D eigenvalue weighted by Crippen LogP contribution is -2.29. The van der Waals surface area contributed by atoms with E-state index in [4.69, 9.17) is 9.47 Å². The van der Waals surface area contributed by atoms with Crippen LogP contribution in [-0.2, 0) is 19.1 Å². The normalized spacial score (nSPS) is 19.7. The van der Waals surface area contributed by atoms with Crippen molar-refractivity contribution >= 4 is 11.9 Å². The summed E-state index contributed by atoms with van der Waals surface area (Å²) in [6, 6.07) is 0. The van der Waals surface area contributed by atoms with Gasteiger partial charge in [-0.3, -0.25) is 9.59 Å². The fraction of sp³-hybridized carbons (Fsp3) is 0.926. The lowest BCUT2D eigenvalue weighted by molar-refractivity contribution is -0.156. The molecule has 1 atom stereocenters. The molecule has 0 heterocycles. The minimum Gasteiger partial charge on any atom is -0.465 e. The van der Waals surface area contributed by atoms with E-state index in [-0.39, 0.29) is 23.8 Å². The molecule has 0 amide bonds. The Morgan fingerprint density at radius 1 is 0.677 bits per heavy atom. The van der Waals surface area contributed by atoms with Gasteiger partial charge < -0.3 is 9.47 Å². The first-order valence-corrected chi connectivity index (χ1v) is 13.5. The van der Waals surface area contributed by atoms with Crippen LogP contribution in [0.25, 0.3) is 0 Å². The van der Waals surface area contributed by atoms with Gasteiger partial charge >= 0.3 is 11.9 Å². The number of unbranched alkanes of at least 4 members (excludes halogenated alkanes) is 9. The van der Waals surface area contributed by atoms with E-state index in [1.165, 1.54) is 57.8 Å². The quantitative estimate of drug-likeness (QED) is 0.163. The average molecular weight is 439 g/mol. The minimum absolute atomic E-state index is 0.0319. The molecule has 182 valence electrons. The van der Waals surface area contributed by atoms with Gasteiger partial charge in [-0.15, -0.1) is 0 Å². The molecule has 0 aromatic carbocycles. The third-order valence-electron chi connectivity index (χ3n) is 6.89. The Morgan fingerprint density at radius 2 is 1.16 bits per heavy atom. The highest BCUT2D eigenvalue weighted by molar-refractivity contribution is 5.75. The molecule has 1 unspecified atom stereocenters. The van der Waals surface area contributed by atoms with E-state index < -0.39 is 0 Å². The predicted molar refractivity (Wildman–Crippen MR) is 128 cm³/mol. The van der Waals surface area contributed by atoms with E-state index in [2.05, 4.69) is 20.8 Å². The van der Waals surface area contributed by atoms with Crippen molar-refractivity contribution in [2.45, 2.75) is 130 Å². The Kier molecular flexibility index (Phi) is 16.7. The summed E-state index contributed by atoms with van der Waals surface area (Å²) in [5.74, 6) is 0.297. The summed E-state index contributed by atoms with van der Waals surface area (Å²) in [6.45, 7) is 7.71. The Balaban J connectivity index is 2.08. The van der Waals surface area contributed by atoms with Gasteiger partial charge in [0.05, 0.1) is 25.0 Å². The minimum atomic E-state index is -0.0588. The summed E-state index contributed by atoms with van der Waals surface area (Å²) in [4.78, 5) is 24.7. The Bertz CT molecular complexity index is 454. The summed E-state index contributed by atoms with van der Waals surface area (Å²) in [5.41, 5.74) is 0. The van der Waals surface area contributed by atoms with Crippen LogP contribution in [0.2, 0.25) is 0 Å². The molecule has 31 heavy (non-hydrogen) atoms. The second kappa shape index (κ2) is 18.5. The van der Waals surface area contributed by atoms with Gasteiger partial charge in [0.15, 0.2) is 0 Å². The highest BCUT2D eigenvalue weighted by atomic mass is 16.5. The van der Waals surface area contributed by atoms with Crippen LogP contribution in [0.4, 0.5) is 0 Å². The lowest BCUT2D eigenvalue weighted by Gasteiger charge is -2.26. The molecule has 0 aromatic rings. The largest absolute Gasteiger partial charge is 0.465 e. The third kappa shape index (κ3) is 13.2. The number of carbonyl (C=O) groups excluding carboxylic acids is 2. The van der Waals surface area contributed by atoms with Crippen molar-refractivity contribution in [1.82, 2.24) is 0 Å². The smallest absolute Gasteiger partial charge is 0.308 e. The van der Waals surface area contributed by atoms with Crippen LogP contribution in [0, 0.1) is 17.8 Å². The molecular weight excluding hydrogens is 388 g/mol. The monoisotopic (exact) mass is 438 g/mol. The topological polar surface area (TPSA) is 52.6 Å². The Morgan fingerprint density at radius 3 is 1.68 bits per heavy atom. The van der Waals surface area contributed by atoms with Crippen LogP contribution in [0.3, 0.4) is 0 Å². The standard InChI is InChI=1S/C27H50O4/c1-4-7-9-10-11-12-13-14-15-21-30-26(28)24-17-19-25(20-18-24)27(29)31-22-23(6-3)16-8-5-2/h23-25H,4-22H2,1-3H3. The molecule has 0 spiro atoms. The zero-order chi connectivity index (χ0) is 22.7. The van der Waals surface area contributed by atoms with Crippen molar-refractivity contribution in [3.63, 3.8) is 0 Å². The number of hydrogen-bond donors (Lipinski definition) is 0. The molecular formula is C27H50O4. The van der Waals surface area contributed by atoms with E-state index in [1.807, 2.05) is 0 Å². The van der Waals surface area contributed by atoms with Crippen molar-refractivity contribution < 1.29 is 19.1 Å². The number of ether oxygens (including phenoxy) is 2. The summed E-state index contributed by atoms with van der Waals surface area (Å²) in [6.07, 6.45) is 19.0. The molecule has 4 nitrogen and oxygen atoms in total. The Labute approximate surface area is 192 Å². The van der Waals surface area contributed by atoms with Gasteiger partial charge in [0.25, 0.3) is 0 Å². The van der Waals surface area contributed by atoms with Crippen molar-refractivity contribution in [2.75, 3.05) is 13.2 Å². The van der Waals surface area contributed by atoms with Gasteiger partial charge in [0.1, 0.15) is 0 Å². The zero-order valence-corrected chi connectivity index (χ0v) is 20.8. The molecule has 1 saturated carbocycles. The van der Waals surface area contributed by atoms with Crippen LogP contribution in [-0.4, -0.2) is 25.2 Å². The van der Waals surface area contributed by atoms with Crippen LogP contribution < -0.4 is 0 Å². The number of rotatable bonds is 18. The summed E-state index contributed by atoms with van der Waals surface area (Å²) in [5, 5.41) is 0. The third-order valence-corrected chi connectivity index (χ3v) is 6.89. The second-order valence-corrected chi connectivity index (χ2v) is 9.59. The van der Waals surface area contributed by atoms with Gasteiger partial charge in [-0.1, -0.05) is 91.4 Å². The zero-order valence-electron chi connectivity index (χ0n) is 20.8. The Hall–Kier alpha value is -1.06. The molecule has 0 aromatic heterocycles. The average Bonchev–Trinajstić information content (AvgIpc) is 2.80. The highest BCUT2D eigenvalue weighted by Gasteiger charge is 2.31. The van der Waals surface area contributed by atoms with E-state index in [0.717, 1.165) is 51.4 Å². The first-order chi connectivity index (χ1) is 15.1. The number of esters is 2. The molecule has 0 radical (unpaired) electrons. The summed E-state index contributed by atoms with van der Waals surface area (Å²) >= 11 is 0. The van der Waals surface area contributed by atoms with Gasteiger partial charge in [0.2, 0.25) is 0 Å². The molecule has 0 saturated heterocycles. The highest BCUT2D eigenvalue weighted by Crippen LogP contribution is 2.31. The molecule has 1 aliphatic carbocycles. The SMILES string of the molecule is CCCCCCCCCCCOC(=O)C1CCC(C(=O)OCC(CC)CCCC)CC1. The van der Waals surface area contributed by atoms with Crippen LogP contribution in [0.5, 0.6) is 0 Å². The maximum absolute atomic E-state index is 12.4. The van der Waals surface area contributed by atoms with Crippen molar-refractivity contribution in [3.05, 3.63) is 0 Å². The second-order valence-electron chi connectivity index (χ2n) is 9.59. The van der Waals surface area contributed by atoms with Crippen LogP contribution >= 0.6 is 0 Å². The fourth-order valence-electron chi connectivity index (χ4n) is 4.48. The summed E-state index contributed by atoms with van der Waals surface area (Å²) in [7, 11) is 0. The molecule has 1 aliphatic rings. The molecule has 1 rings (SSSR count). The van der Waals surface area contributed by atoms with Crippen molar-refractivity contribution in [3.8, 4) is 0 Å². The first-order valence-electron chi connectivity index (χ1n) is 13.5. The van der Waals surface area contributed by atoms with E-state index in [0.29, 0.717) is 19.1 Å². The molecule has 1 fully saturated rings. The van der Waals surface area contributed by atoms with E-state index in [9.17, 15) is 9.59 Å². The van der Waals surface area contributed by atoms with E-state index >= 15 is 0 Å². The molecule has 0 aliphatic heterocycles. The lowest BCUT2D eigenvalue weighted by atomic mass is 9.82. The van der Waals surface area contributed by atoms with Crippen LogP contribution in [0.1, 0.15) is 130 Å². The molecule has 0 bridgehead atoms. The first kappa shape index (κ1) is 28.0. The summed E-state index contributed by atoms with van der Waals surface area (Å²) < 4.78 is 11.1. The maximum atomic E-state index is 12.4. The van der Waals surface area contributed by atoms with Crippen molar-refractivity contribution in [2.24, 2.45) is 17.8 Å². The number of hydrogen-bond acceptors (Lipinski definition) is 4.